The van der Waals surface area contributed by atoms with Gasteiger partial charge in [0.05, 0.1) is 20.9 Å². The number of nitro groups is 1. The van der Waals surface area contributed by atoms with Crippen LogP contribution in [0.3, 0.4) is 0 Å². The van der Waals surface area contributed by atoms with E-state index in [9.17, 15) is 33.2 Å². The average Bonchev–Trinajstić information content (AvgIpc) is 3.43. The van der Waals surface area contributed by atoms with E-state index >= 15 is 0 Å². The monoisotopic (exact) mass is 643 g/mol. The summed E-state index contributed by atoms with van der Waals surface area (Å²) in [6, 6.07) is 12.6. The van der Waals surface area contributed by atoms with Crippen LogP contribution in [0.2, 0.25) is 0 Å². The number of rotatable bonds is 7. The third-order valence-electron chi connectivity index (χ3n) is 8.07. The normalized spacial score (nSPS) is 15.2. The summed E-state index contributed by atoms with van der Waals surface area (Å²) in [6.07, 6.45) is 3.93. The molecule has 1 fully saturated rings. The molecule has 0 unspecified atom stereocenters. The second-order valence-electron chi connectivity index (χ2n) is 11.0. The number of fused-ring (bicyclic) bond motifs is 2. The molecule has 0 aliphatic carbocycles. The van der Waals surface area contributed by atoms with Crippen LogP contribution in [0.15, 0.2) is 72.0 Å². The first-order valence-corrected chi connectivity index (χ1v) is 15.8. The summed E-state index contributed by atoms with van der Waals surface area (Å²) in [5.74, 6) is -0.412. The van der Waals surface area contributed by atoms with E-state index in [1.165, 1.54) is 37.8 Å². The second kappa shape index (κ2) is 11.7. The molecule has 46 heavy (non-hydrogen) atoms. The summed E-state index contributed by atoms with van der Waals surface area (Å²) >= 11 is 0. The summed E-state index contributed by atoms with van der Waals surface area (Å²) in [4.78, 5) is 46.1. The molecule has 1 aliphatic heterocycles. The lowest BCUT2D eigenvalue weighted by Gasteiger charge is -2.34. The highest BCUT2D eigenvalue weighted by Gasteiger charge is 2.30. The maximum atomic E-state index is 13.9. The Morgan fingerprint density at radius 2 is 1.83 bits per heavy atom. The quantitative estimate of drug-likeness (QED) is 0.170. The molecule has 3 N–H and O–H groups in total. The average molecular weight is 644 g/mol. The number of hydrogen-bond acceptors (Lipinski definition) is 9. The maximum Gasteiger partial charge on any atom is 0.404 e. The molecule has 0 bridgehead atoms. The largest absolute Gasteiger partial charge is 0.465 e. The van der Waals surface area contributed by atoms with Crippen molar-refractivity contribution >= 4 is 55.3 Å². The fourth-order valence-corrected chi connectivity index (χ4v) is 7.18. The summed E-state index contributed by atoms with van der Waals surface area (Å²) in [5, 5.41) is 27.3. The highest BCUT2D eigenvalue weighted by molar-refractivity contribution is 7.90. The van der Waals surface area contributed by atoms with Gasteiger partial charge in [-0.25, -0.2) is 27.2 Å². The van der Waals surface area contributed by atoms with Crippen molar-refractivity contribution in [1.82, 2.24) is 24.6 Å². The number of carbonyl (C=O) groups excluding carboxylic acids is 1. The van der Waals surface area contributed by atoms with E-state index in [1.54, 1.807) is 41.3 Å². The maximum absolute atomic E-state index is 13.9. The molecule has 5 aromatic rings. The lowest BCUT2D eigenvalue weighted by atomic mass is 9.99. The number of carboxylic acid groups (broad SMARTS) is 1. The third-order valence-corrected chi connectivity index (χ3v) is 9.74. The Balaban J connectivity index is 1.58. The van der Waals surface area contributed by atoms with Crippen molar-refractivity contribution in [2.75, 3.05) is 25.0 Å². The number of piperidine rings is 1. The van der Waals surface area contributed by atoms with Gasteiger partial charge in [0.15, 0.2) is 5.65 Å². The summed E-state index contributed by atoms with van der Waals surface area (Å²) < 4.78 is 28.8. The van der Waals surface area contributed by atoms with Gasteiger partial charge in [0.1, 0.15) is 11.9 Å². The minimum absolute atomic E-state index is 0.0500. The lowest BCUT2D eigenvalue weighted by Crippen LogP contribution is -2.47. The number of aryl methyl sites for hydroxylation is 1. The molecule has 236 valence electrons. The number of benzene rings is 2. The van der Waals surface area contributed by atoms with E-state index in [1.807, 2.05) is 6.92 Å². The standard InChI is InChI=1S/C31H29N7O7S/c1-18-5-8-22(9-6-18)46(44,45)37-17-25(23-13-20(30(39)32-2)14-34-29(23)37)19-7-10-26-24(12-19)28(27(15-33-26)38(42)43)36-11-3-4-21(16-36)35-31(40)41/h5-10,12-15,17,21,35H,3-4,11,16H2,1-2H3,(H,32,39)(H,40,41)/t21-/m0/s1. The van der Waals surface area contributed by atoms with Crippen molar-refractivity contribution in [3.05, 3.63) is 88.4 Å². The first-order valence-electron chi connectivity index (χ1n) is 14.4. The van der Waals surface area contributed by atoms with Crippen molar-refractivity contribution in [2.24, 2.45) is 0 Å². The third kappa shape index (κ3) is 5.45. The number of amides is 2. The first-order chi connectivity index (χ1) is 22.0. The predicted molar refractivity (Wildman–Crippen MR) is 171 cm³/mol. The van der Waals surface area contributed by atoms with Crippen molar-refractivity contribution < 1.29 is 28.0 Å². The minimum atomic E-state index is -4.12. The van der Waals surface area contributed by atoms with Gasteiger partial charge in [-0.05, 0) is 55.7 Å². The molecule has 0 saturated carbocycles. The highest BCUT2D eigenvalue weighted by Crippen LogP contribution is 2.40. The molecule has 2 aromatic carbocycles. The fraction of sp³-hybridized carbons (Fsp3) is 0.226. The van der Waals surface area contributed by atoms with Gasteiger partial charge >= 0.3 is 11.8 Å². The molecule has 1 aliphatic rings. The summed E-state index contributed by atoms with van der Waals surface area (Å²) in [5.41, 5.74) is 2.63. The zero-order valence-electron chi connectivity index (χ0n) is 24.8. The number of pyridine rings is 2. The predicted octanol–water partition coefficient (Wildman–Crippen LogP) is 4.30. The minimum Gasteiger partial charge on any atom is -0.465 e. The van der Waals surface area contributed by atoms with Crippen LogP contribution in [0, 0.1) is 17.0 Å². The van der Waals surface area contributed by atoms with Gasteiger partial charge in [-0.15, -0.1) is 0 Å². The van der Waals surface area contributed by atoms with Crippen LogP contribution in [-0.4, -0.2) is 70.6 Å². The Bertz CT molecular complexity index is 2150. The number of carbonyl (C=O) groups is 2. The molecule has 1 saturated heterocycles. The van der Waals surface area contributed by atoms with Gasteiger partial charge in [-0.1, -0.05) is 23.8 Å². The Morgan fingerprint density at radius 1 is 1.07 bits per heavy atom. The summed E-state index contributed by atoms with van der Waals surface area (Å²) in [7, 11) is -2.65. The topological polar surface area (TPSA) is 190 Å². The Morgan fingerprint density at radius 3 is 2.52 bits per heavy atom. The van der Waals surface area contributed by atoms with Gasteiger partial charge in [-0.2, -0.15) is 0 Å². The van der Waals surface area contributed by atoms with Crippen molar-refractivity contribution in [3.8, 4) is 11.1 Å². The second-order valence-corrected chi connectivity index (χ2v) is 12.9. The van der Waals surface area contributed by atoms with Gasteiger partial charge in [-0.3, -0.25) is 14.9 Å². The van der Waals surface area contributed by atoms with Crippen LogP contribution >= 0.6 is 0 Å². The smallest absolute Gasteiger partial charge is 0.404 e. The van der Waals surface area contributed by atoms with Crippen LogP contribution in [0.1, 0.15) is 28.8 Å². The first kappa shape index (κ1) is 30.5. The molecule has 3 aromatic heterocycles. The van der Waals surface area contributed by atoms with E-state index in [2.05, 4.69) is 20.6 Å². The van der Waals surface area contributed by atoms with Crippen molar-refractivity contribution in [3.63, 3.8) is 0 Å². The molecule has 2 amide bonds. The SMILES string of the molecule is CNC(=O)c1cnc2c(c1)c(-c1ccc3ncc([N+](=O)[O-])c(N4CCC[C@H](NC(=O)O)C4)c3c1)cn2S(=O)(=O)c1ccc(C)cc1. The highest BCUT2D eigenvalue weighted by atomic mass is 32.2. The fourth-order valence-electron chi connectivity index (χ4n) is 5.86. The molecular weight excluding hydrogens is 614 g/mol. The molecule has 0 radical (unpaired) electrons. The molecule has 6 rings (SSSR count). The van der Waals surface area contributed by atoms with E-state index in [4.69, 9.17) is 0 Å². The Labute approximate surface area is 262 Å². The van der Waals surface area contributed by atoms with Gasteiger partial charge in [0.2, 0.25) is 0 Å². The lowest BCUT2D eigenvalue weighted by molar-refractivity contribution is -0.384. The number of nitrogens with one attached hydrogen (secondary N) is 2. The Hall–Kier alpha value is -5.57. The number of nitrogens with zero attached hydrogens (tertiary/aromatic N) is 5. The number of hydrogen-bond donors (Lipinski definition) is 3. The molecule has 14 nitrogen and oxygen atoms in total. The molecule has 15 heteroatoms. The van der Waals surface area contributed by atoms with E-state index < -0.39 is 33.0 Å². The van der Waals surface area contributed by atoms with Crippen LogP contribution in [0.5, 0.6) is 0 Å². The summed E-state index contributed by atoms with van der Waals surface area (Å²) in [6.45, 7) is 2.51. The van der Waals surface area contributed by atoms with Crippen LogP contribution < -0.4 is 15.5 Å². The van der Waals surface area contributed by atoms with Crippen LogP contribution in [0.25, 0.3) is 33.1 Å². The molecule has 0 spiro atoms. The van der Waals surface area contributed by atoms with Crippen molar-refractivity contribution in [1.29, 1.82) is 0 Å². The molecule has 4 heterocycles. The van der Waals surface area contributed by atoms with E-state index in [0.29, 0.717) is 46.8 Å². The van der Waals surface area contributed by atoms with Gasteiger partial charge < -0.3 is 20.6 Å². The molecule has 1 atom stereocenters. The zero-order chi connectivity index (χ0) is 32.7. The van der Waals surface area contributed by atoms with Crippen LogP contribution in [-0.2, 0) is 10.0 Å². The zero-order valence-corrected chi connectivity index (χ0v) is 25.6. The van der Waals surface area contributed by atoms with E-state index in [0.717, 1.165) is 9.54 Å². The van der Waals surface area contributed by atoms with Crippen LogP contribution in [0.4, 0.5) is 16.2 Å². The van der Waals surface area contributed by atoms with E-state index in [-0.39, 0.29) is 34.0 Å². The number of anilines is 1. The number of aromatic nitrogens is 3. The van der Waals surface area contributed by atoms with Gasteiger partial charge in [0.25, 0.3) is 15.9 Å². The molecular formula is C31H29N7O7S. The van der Waals surface area contributed by atoms with Gasteiger partial charge in [0, 0.05) is 54.9 Å². The Kier molecular flexibility index (Phi) is 7.77. The van der Waals surface area contributed by atoms with Crippen molar-refractivity contribution in [2.45, 2.75) is 30.7 Å².